The van der Waals surface area contributed by atoms with Gasteiger partial charge in [-0.25, -0.2) is 9.59 Å². The van der Waals surface area contributed by atoms with Gasteiger partial charge < -0.3 is 14.6 Å². The molecule has 1 unspecified atom stereocenters. The highest BCUT2D eigenvalue weighted by atomic mass is 16.6. The topological polar surface area (TPSA) is 76.1 Å². The molecule has 2 atom stereocenters. The van der Waals surface area contributed by atoms with Gasteiger partial charge in [0.2, 0.25) is 0 Å². The monoisotopic (exact) mass is 301 g/mol. The molecular formula is C15H27NO5. The van der Waals surface area contributed by atoms with E-state index >= 15 is 0 Å². The molecule has 122 valence electrons. The molecule has 0 aromatic rings. The highest BCUT2D eigenvalue weighted by molar-refractivity contribution is 5.82. The van der Waals surface area contributed by atoms with Gasteiger partial charge >= 0.3 is 12.1 Å². The fourth-order valence-corrected chi connectivity index (χ4v) is 2.14. The zero-order valence-corrected chi connectivity index (χ0v) is 13.8. The molecule has 0 aliphatic carbocycles. The van der Waals surface area contributed by atoms with Gasteiger partial charge in [-0.15, -0.1) is 0 Å². The minimum absolute atomic E-state index is 0.429. The van der Waals surface area contributed by atoms with Crippen molar-refractivity contribution in [1.82, 2.24) is 4.90 Å². The average Bonchev–Trinajstić information content (AvgIpc) is 2.23. The third-order valence-corrected chi connectivity index (χ3v) is 2.88. The largest absolute Gasteiger partial charge is 0.458 e. The molecule has 0 spiro atoms. The summed E-state index contributed by atoms with van der Waals surface area (Å²) in [5.74, 6) is -0.507. The van der Waals surface area contributed by atoms with Crippen LogP contribution >= 0.6 is 0 Å². The number of nitrogens with zero attached hydrogens (tertiary/aromatic N) is 1. The third-order valence-electron chi connectivity index (χ3n) is 2.88. The van der Waals surface area contributed by atoms with Crippen LogP contribution in [0.4, 0.5) is 4.79 Å². The van der Waals surface area contributed by atoms with Crippen molar-refractivity contribution in [1.29, 1.82) is 0 Å². The van der Waals surface area contributed by atoms with E-state index in [0.29, 0.717) is 19.3 Å². The highest BCUT2D eigenvalue weighted by Crippen LogP contribution is 2.26. The fourth-order valence-electron chi connectivity index (χ4n) is 2.14. The lowest BCUT2D eigenvalue weighted by atomic mass is 10.0. The number of amides is 1. The lowest BCUT2D eigenvalue weighted by Gasteiger charge is -2.39. The molecule has 1 heterocycles. The summed E-state index contributed by atoms with van der Waals surface area (Å²) in [6.45, 7) is 10.5. The van der Waals surface area contributed by atoms with Gasteiger partial charge in [-0.1, -0.05) is 0 Å². The lowest BCUT2D eigenvalue weighted by molar-refractivity contribution is -0.168. The number of rotatable bonds is 1. The summed E-state index contributed by atoms with van der Waals surface area (Å²) in [7, 11) is 0. The molecular weight excluding hydrogens is 274 g/mol. The summed E-state index contributed by atoms with van der Waals surface area (Å²) in [6, 6.07) is -0.803. The Morgan fingerprint density at radius 3 is 2.00 bits per heavy atom. The molecule has 1 fully saturated rings. The second kappa shape index (κ2) is 6.22. The van der Waals surface area contributed by atoms with Crippen LogP contribution < -0.4 is 0 Å². The molecule has 6 heteroatoms. The Balaban J connectivity index is 2.89. The van der Waals surface area contributed by atoms with Crippen LogP contribution in [0.15, 0.2) is 0 Å². The van der Waals surface area contributed by atoms with E-state index in [-0.39, 0.29) is 0 Å². The van der Waals surface area contributed by atoms with Gasteiger partial charge in [0.05, 0.1) is 0 Å². The van der Waals surface area contributed by atoms with E-state index in [4.69, 9.17) is 9.47 Å². The second-order valence-corrected chi connectivity index (χ2v) is 7.35. The predicted molar refractivity (Wildman–Crippen MR) is 77.6 cm³/mol. The van der Waals surface area contributed by atoms with Gasteiger partial charge in [0.15, 0.2) is 0 Å². The molecule has 1 saturated heterocycles. The molecule has 21 heavy (non-hydrogen) atoms. The number of ether oxygens (including phenoxy) is 2. The van der Waals surface area contributed by atoms with Crippen LogP contribution in [0.2, 0.25) is 0 Å². The number of carbonyl (C=O) groups excluding carboxylic acids is 2. The van der Waals surface area contributed by atoms with Gasteiger partial charge in [0.25, 0.3) is 0 Å². The minimum atomic E-state index is -1.02. The van der Waals surface area contributed by atoms with E-state index in [1.54, 1.807) is 41.5 Å². The molecule has 1 amide bonds. The number of carbonyl (C=O) groups is 2. The molecule has 6 nitrogen and oxygen atoms in total. The number of hydrogen-bond donors (Lipinski definition) is 1. The summed E-state index contributed by atoms with van der Waals surface area (Å²) < 4.78 is 10.6. The first-order valence-corrected chi connectivity index (χ1v) is 7.33. The quantitative estimate of drug-likeness (QED) is 0.753. The molecule has 1 aliphatic rings. The molecule has 1 N–H and O–H groups in total. The standard InChI is InChI=1S/C15H27NO5/c1-14(2,3)20-12(18)10-8-7-9-11(17)16(10)13(19)21-15(4,5)6/h10-11,17H,7-9H2,1-6H3/t10-,11?/m0/s1. The number of piperidine rings is 1. The SMILES string of the molecule is CC(C)(C)OC(=O)[C@@H]1CCCC(O)N1C(=O)OC(C)(C)C. The lowest BCUT2D eigenvalue weighted by Crippen LogP contribution is -2.55. The van der Waals surface area contributed by atoms with E-state index in [2.05, 4.69) is 0 Å². The van der Waals surface area contributed by atoms with Crippen LogP contribution in [-0.4, -0.2) is 45.5 Å². The summed E-state index contributed by atoms with van der Waals surface area (Å²) in [5, 5.41) is 10.1. The van der Waals surface area contributed by atoms with E-state index in [1.165, 1.54) is 0 Å². The minimum Gasteiger partial charge on any atom is -0.458 e. The molecule has 0 radical (unpaired) electrons. The van der Waals surface area contributed by atoms with Crippen molar-refractivity contribution in [2.24, 2.45) is 0 Å². The zero-order chi connectivity index (χ0) is 16.4. The summed E-state index contributed by atoms with van der Waals surface area (Å²) in [4.78, 5) is 25.6. The van der Waals surface area contributed by atoms with Crippen molar-refractivity contribution in [3.63, 3.8) is 0 Å². The van der Waals surface area contributed by atoms with Crippen molar-refractivity contribution in [3.05, 3.63) is 0 Å². The van der Waals surface area contributed by atoms with Gasteiger partial charge in [0, 0.05) is 0 Å². The zero-order valence-electron chi connectivity index (χ0n) is 13.8. The first kappa shape index (κ1) is 17.8. The number of esters is 1. The van der Waals surface area contributed by atoms with Crippen LogP contribution in [0.3, 0.4) is 0 Å². The Labute approximate surface area is 126 Å². The van der Waals surface area contributed by atoms with Crippen LogP contribution in [0, 0.1) is 0 Å². The van der Waals surface area contributed by atoms with Gasteiger partial charge in [-0.05, 0) is 60.8 Å². The van der Waals surface area contributed by atoms with Crippen LogP contribution in [0.25, 0.3) is 0 Å². The fraction of sp³-hybridized carbons (Fsp3) is 0.867. The maximum atomic E-state index is 12.3. The smallest absolute Gasteiger partial charge is 0.413 e. The number of aliphatic hydroxyl groups excluding tert-OH is 1. The van der Waals surface area contributed by atoms with Crippen molar-refractivity contribution in [2.75, 3.05) is 0 Å². The molecule has 1 aliphatic heterocycles. The summed E-state index contributed by atoms with van der Waals surface area (Å²) >= 11 is 0. The van der Waals surface area contributed by atoms with Crippen LogP contribution in [0.1, 0.15) is 60.8 Å². The van der Waals surface area contributed by atoms with E-state index in [1.807, 2.05) is 0 Å². The molecule has 0 bridgehead atoms. The Hall–Kier alpha value is -1.30. The number of likely N-dealkylation sites (tertiary alicyclic amines) is 1. The van der Waals surface area contributed by atoms with E-state index in [0.717, 1.165) is 4.90 Å². The van der Waals surface area contributed by atoms with Crippen LogP contribution in [0.5, 0.6) is 0 Å². The maximum absolute atomic E-state index is 12.3. The Morgan fingerprint density at radius 1 is 1.00 bits per heavy atom. The van der Waals surface area contributed by atoms with E-state index < -0.39 is 35.5 Å². The predicted octanol–water partition coefficient (Wildman–Crippen LogP) is 2.44. The second-order valence-electron chi connectivity index (χ2n) is 7.35. The van der Waals surface area contributed by atoms with Gasteiger partial charge in [0.1, 0.15) is 23.5 Å². The Kier molecular flexibility index (Phi) is 5.25. The normalized spacial score (nSPS) is 23.7. The van der Waals surface area contributed by atoms with Gasteiger partial charge in [-0.3, -0.25) is 4.90 Å². The summed E-state index contributed by atoms with van der Waals surface area (Å²) in [5.41, 5.74) is -1.33. The average molecular weight is 301 g/mol. The van der Waals surface area contributed by atoms with E-state index in [9.17, 15) is 14.7 Å². The van der Waals surface area contributed by atoms with Crippen molar-refractivity contribution < 1.29 is 24.2 Å². The maximum Gasteiger partial charge on any atom is 0.413 e. The number of hydrogen-bond acceptors (Lipinski definition) is 5. The van der Waals surface area contributed by atoms with Gasteiger partial charge in [-0.2, -0.15) is 0 Å². The van der Waals surface area contributed by atoms with Crippen LogP contribution in [-0.2, 0) is 14.3 Å². The first-order valence-electron chi connectivity index (χ1n) is 7.33. The van der Waals surface area contributed by atoms with Crippen molar-refractivity contribution in [3.8, 4) is 0 Å². The first-order chi connectivity index (χ1) is 9.41. The Bertz CT molecular complexity index is 394. The third kappa shape index (κ3) is 5.53. The molecule has 0 aromatic carbocycles. The Morgan fingerprint density at radius 2 is 1.52 bits per heavy atom. The number of aliphatic hydroxyl groups is 1. The highest BCUT2D eigenvalue weighted by Gasteiger charge is 2.41. The molecule has 0 aromatic heterocycles. The molecule has 1 rings (SSSR count). The summed E-state index contributed by atoms with van der Waals surface area (Å²) in [6.07, 6.45) is -0.162. The van der Waals surface area contributed by atoms with Crippen molar-refractivity contribution in [2.45, 2.75) is 84.3 Å². The van der Waals surface area contributed by atoms with Crippen molar-refractivity contribution >= 4 is 12.1 Å². The molecule has 0 saturated carbocycles.